The number of halogens is 3. The van der Waals surface area contributed by atoms with Crippen molar-refractivity contribution in [3.05, 3.63) is 35.4 Å². The maximum atomic E-state index is 12.9. The lowest BCUT2D eigenvalue weighted by Crippen LogP contribution is -2.56. The van der Waals surface area contributed by atoms with Gasteiger partial charge in [-0.2, -0.15) is 13.2 Å². The maximum Gasteiger partial charge on any atom is 0.416 e. The monoisotopic (exact) mass is 369 g/mol. The van der Waals surface area contributed by atoms with Crippen LogP contribution in [0.5, 0.6) is 0 Å². The third-order valence-corrected chi connectivity index (χ3v) is 4.75. The number of rotatable bonds is 6. The molecule has 1 atom stereocenters. The quantitative estimate of drug-likeness (QED) is 0.806. The molecule has 1 aromatic rings. The number of alkyl halides is 3. The number of benzene rings is 1. The van der Waals surface area contributed by atoms with E-state index in [1.54, 1.807) is 11.0 Å². The van der Waals surface area contributed by atoms with E-state index in [4.69, 9.17) is 0 Å². The van der Waals surface area contributed by atoms with Gasteiger partial charge >= 0.3 is 6.18 Å². The van der Waals surface area contributed by atoms with Crippen LogP contribution in [0.4, 0.5) is 13.2 Å². The van der Waals surface area contributed by atoms with Crippen LogP contribution in [0.2, 0.25) is 0 Å². The molecule has 2 fully saturated rings. The minimum absolute atomic E-state index is 0.0114. The van der Waals surface area contributed by atoms with E-state index >= 15 is 0 Å². The van der Waals surface area contributed by atoms with Crippen LogP contribution in [-0.4, -0.2) is 42.4 Å². The Bertz CT molecular complexity index is 674. The minimum Gasteiger partial charge on any atom is -0.356 e. The van der Waals surface area contributed by atoms with Gasteiger partial charge in [-0.1, -0.05) is 18.2 Å². The second kappa shape index (κ2) is 7.65. The number of hydrogen-bond donors (Lipinski definition) is 2. The molecule has 8 heteroatoms. The van der Waals surface area contributed by atoms with Crippen molar-refractivity contribution in [1.82, 2.24) is 15.5 Å². The number of hydrogen-bond acceptors (Lipinski definition) is 3. The van der Waals surface area contributed by atoms with Crippen LogP contribution in [0, 0.1) is 5.92 Å². The van der Waals surface area contributed by atoms with Crippen LogP contribution in [0.1, 0.15) is 30.4 Å². The van der Waals surface area contributed by atoms with E-state index in [0.717, 1.165) is 25.0 Å². The molecule has 5 nitrogen and oxygen atoms in total. The topological polar surface area (TPSA) is 61.4 Å². The molecule has 2 amide bonds. The van der Waals surface area contributed by atoms with Crippen LogP contribution < -0.4 is 10.6 Å². The Labute approximate surface area is 149 Å². The van der Waals surface area contributed by atoms with Gasteiger partial charge in [-0.3, -0.25) is 14.5 Å². The first kappa shape index (κ1) is 18.7. The molecule has 1 aliphatic carbocycles. The summed E-state index contributed by atoms with van der Waals surface area (Å²) in [5.74, 6) is 0.0816. The van der Waals surface area contributed by atoms with E-state index in [2.05, 4.69) is 10.6 Å². The lowest BCUT2D eigenvalue weighted by molar-refractivity contribution is -0.137. The summed E-state index contributed by atoms with van der Waals surface area (Å²) >= 11 is 0. The summed E-state index contributed by atoms with van der Waals surface area (Å²) in [5, 5.41) is 5.56. The van der Waals surface area contributed by atoms with Crippen LogP contribution in [-0.2, 0) is 22.3 Å². The maximum absolute atomic E-state index is 12.9. The molecule has 2 N–H and O–H groups in total. The van der Waals surface area contributed by atoms with Crippen LogP contribution >= 0.6 is 0 Å². The Hall–Kier alpha value is -2.09. The second-order valence-electron chi connectivity index (χ2n) is 6.93. The summed E-state index contributed by atoms with van der Waals surface area (Å²) in [6, 6.07) is 4.41. The van der Waals surface area contributed by atoms with Gasteiger partial charge in [0.2, 0.25) is 11.8 Å². The average molecular weight is 369 g/mol. The summed E-state index contributed by atoms with van der Waals surface area (Å²) in [5.41, 5.74) is -0.242. The molecule has 142 valence electrons. The Morgan fingerprint density at radius 2 is 2.08 bits per heavy atom. The van der Waals surface area contributed by atoms with Gasteiger partial charge in [0, 0.05) is 26.2 Å². The van der Waals surface area contributed by atoms with E-state index in [1.165, 1.54) is 6.07 Å². The van der Waals surface area contributed by atoms with Gasteiger partial charge in [-0.05, 0) is 30.4 Å². The molecule has 0 radical (unpaired) electrons. The number of nitrogens with one attached hydrogen (secondary N) is 2. The zero-order valence-corrected chi connectivity index (χ0v) is 14.3. The van der Waals surface area contributed by atoms with E-state index in [-0.39, 0.29) is 24.8 Å². The molecule has 1 aromatic carbocycles. The Morgan fingerprint density at radius 1 is 1.31 bits per heavy atom. The van der Waals surface area contributed by atoms with Crippen molar-refractivity contribution < 1.29 is 22.8 Å². The van der Waals surface area contributed by atoms with E-state index in [9.17, 15) is 22.8 Å². The first-order valence-corrected chi connectivity index (χ1v) is 8.77. The van der Waals surface area contributed by atoms with Gasteiger partial charge in [0.05, 0.1) is 18.0 Å². The number of carbonyl (C=O) groups is 2. The fourth-order valence-electron chi connectivity index (χ4n) is 3.08. The molecular formula is C18H22F3N3O2. The lowest BCUT2D eigenvalue weighted by atomic mass is 10.0. The Morgan fingerprint density at radius 3 is 2.77 bits per heavy atom. The minimum atomic E-state index is -4.41. The first-order valence-electron chi connectivity index (χ1n) is 8.77. The van der Waals surface area contributed by atoms with Crippen molar-refractivity contribution in [3.63, 3.8) is 0 Å². The third kappa shape index (κ3) is 4.97. The van der Waals surface area contributed by atoms with Crippen molar-refractivity contribution in [3.8, 4) is 0 Å². The van der Waals surface area contributed by atoms with Crippen molar-refractivity contribution in [2.24, 2.45) is 5.92 Å². The Kier molecular flexibility index (Phi) is 5.50. The lowest BCUT2D eigenvalue weighted by Gasteiger charge is -2.34. The largest absolute Gasteiger partial charge is 0.416 e. The zero-order chi connectivity index (χ0) is 18.7. The SMILES string of the molecule is O=C(C[C@H]1C(=O)NCCN1Cc1cccc(C(F)(F)F)c1)NCC1CC1. The van der Waals surface area contributed by atoms with Gasteiger partial charge in [0.25, 0.3) is 0 Å². The van der Waals surface area contributed by atoms with E-state index in [0.29, 0.717) is 31.1 Å². The molecule has 1 saturated heterocycles. The predicted molar refractivity (Wildman–Crippen MR) is 89.0 cm³/mol. The first-order chi connectivity index (χ1) is 12.3. The van der Waals surface area contributed by atoms with Crippen molar-refractivity contribution in [2.45, 2.75) is 38.0 Å². The molecule has 1 heterocycles. The zero-order valence-electron chi connectivity index (χ0n) is 14.3. The molecule has 26 heavy (non-hydrogen) atoms. The van der Waals surface area contributed by atoms with Crippen LogP contribution in [0.15, 0.2) is 24.3 Å². The molecule has 0 aromatic heterocycles. The highest BCUT2D eigenvalue weighted by molar-refractivity contribution is 5.88. The summed E-state index contributed by atoms with van der Waals surface area (Å²) in [6.45, 7) is 1.72. The van der Waals surface area contributed by atoms with Gasteiger partial charge in [0.1, 0.15) is 0 Å². The number of nitrogens with zero attached hydrogens (tertiary/aromatic N) is 1. The molecule has 1 aliphatic heterocycles. The number of amides is 2. The van der Waals surface area contributed by atoms with Crippen molar-refractivity contribution in [1.29, 1.82) is 0 Å². The Balaban J connectivity index is 1.65. The van der Waals surface area contributed by atoms with Crippen LogP contribution in [0.25, 0.3) is 0 Å². The predicted octanol–water partition coefficient (Wildman–Crippen LogP) is 1.92. The molecule has 1 saturated carbocycles. The molecule has 0 unspecified atom stereocenters. The molecule has 0 spiro atoms. The fourth-order valence-corrected chi connectivity index (χ4v) is 3.08. The van der Waals surface area contributed by atoms with E-state index in [1.807, 2.05) is 0 Å². The summed E-state index contributed by atoms with van der Waals surface area (Å²) in [6.07, 6.45) is -2.16. The number of piperazine rings is 1. The average Bonchev–Trinajstić information content (AvgIpc) is 3.40. The van der Waals surface area contributed by atoms with E-state index < -0.39 is 17.8 Å². The molecule has 2 aliphatic rings. The summed E-state index contributed by atoms with van der Waals surface area (Å²) < 4.78 is 38.6. The van der Waals surface area contributed by atoms with Crippen molar-refractivity contribution in [2.75, 3.05) is 19.6 Å². The smallest absolute Gasteiger partial charge is 0.356 e. The fraction of sp³-hybridized carbons (Fsp3) is 0.556. The van der Waals surface area contributed by atoms with Crippen LogP contribution in [0.3, 0.4) is 0 Å². The standard InChI is InChI=1S/C18H22F3N3O2/c19-18(20,21)14-3-1-2-13(8-14)11-24-7-6-22-17(26)15(24)9-16(25)23-10-12-4-5-12/h1-3,8,12,15H,4-7,9-11H2,(H,22,26)(H,23,25)/t15-/m0/s1. The molecular weight excluding hydrogens is 347 g/mol. The van der Waals surface area contributed by atoms with Gasteiger partial charge < -0.3 is 10.6 Å². The van der Waals surface area contributed by atoms with Crippen molar-refractivity contribution >= 4 is 11.8 Å². The highest BCUT2D eigenvalue weighted by Crippen LogP contribution is 2.30. The molecule has 3 rings (SSSR count). The van der Waals surface area contributed by atoms with Gasteiger partial charge in [-0.15, -0.1) is 0 Å². The molecule has 0 bridgehead atoms. The highest BCUT2D eigenvalue weighted by atomic mass is 19.4. The van der Waals surface area contributed by atoms with Gasteiger partial charge in [-0.25, -0.2) is 0 Å². The second-order valence-corrected chi connectivity index (χ2v) is 6.93. The van der Waals surface area contributed by atoms with Gasteiger partial charge in [0.15, 0.2) is 0 Å². The summed E-state index contributed by atoms with van der Waals surface area (Å²) in [4.78, 5) is 26.1. The summed E-state index contributed by atoms with van der Waals surface area (Å²) in [7, 11) is 0. The number of carbonyl (C=O) groups excluding carboxylic acids is 2. The highest BCUT2D eigenvalue weighted by Gasteiger charge is 2.33. The normalized spacial score (nSPS) is 21.3. The third-order valence-electron chi connectivity index (χ3n) is 4.75.